The van der Waals surface area contributed by atoms with E-state index in [1.165, 1.54) is 11.3 Å². The van der Waals surface area contributed by atoms with E-state index in [2.05, 4.69) is 22.3 Å². The lowest BCUT2D eigenvalue weighted by Gasteiger charge is -2.28. The average Bonchev–Trinajstić information content (AvgIpc) is 2.95. The van der Waals surface area contributed by atoms with Crippen molar-refractivity contribution in [2.24, 2.45) is 5.92 Å². The topological polar surface area (TPSA) is 87.3 Å². The molecule has 1 aromatic heterocycles. The molecule has 150 valence electrons. The highest BCUT2D eigenvalue weighted by molar-refractivity contribution is 7.91. The quantitative estimate of drug-likeness (QED) is 0.598. The van der Waals surface area contributed by atoms with Gasteiger partial charge in [0.2, 0.25) is 15.9 Å². The lowest BCUT2D eigenvalue weighted by atomic mass is 10.0. The van der Waals surface area contributed by atoms with E-state index in [9.17, 15) is 13.2 Å². The van der Waals surface area contributed by atoms with Gasteiger partial charge in [0.1, 0.15) is 4.21 Å². The van der Waals surface area contributed by atoms with Gasteiger partial charge in [-0.25, -0.2) is 13.1 Å². The third-order valence-electron chi connectivity index (χ3n) is 4.13. The second-order valence-electron chi connectivity index (χ2n) is 7.12. The second kappa shape index (κ2) is 10.6. The van der Waals surface area contributed by atoms with Crippen molar-refractivity contribution in [1.29, 1.82) is 0 Å². The number of rotatable bonds is 8. The van der Waals surface area contributed by atoms with Gasteiger partial charge in [-0.1, -0.05) is 13.8 Å². The van der Waals surface area contributed by atoms with Gasteiger partial charge in [-0.3, -0.25) is 4.79 Å². The van der Waals surface area contributed by atoms with Gasteiger partial charge in [0.05, 0.1) is 0 Å². The number of hydrogen-bond acceptors (Lipinski definition) is 5. The van der Waals surface area contributed by atoms with Crippen LogP contribution in [0.3, 0.4) is 0 Å². The van der Waals surface area contributed by atoms with E-state index in [4.69, 9.17) is 0 Å². The first-order valence-corrected chi connectivity index (χ1v) is 11.2. The minimum Gasteiger partial charge on any atom is -0.356 e. The number of sulfonamides is 1. The summed E-state index contributed by atoms with van der Waals surface area (Å²) in [6.45, 7) is 7.44. The Hall–Kier alpha value is -0.670. The molecule has 0 spiro atoms. The van der Waals surface area contributed by atoms with E-state index in [0.29, 0.717) is 35.6 Å². The number of thiophene rings is 1. The molecule has 0 radical (unpaired) electrons. The average molecular weight is 424 g/mol. The molecule has 9 heteroatoms. The van der Waals surface area contributed by atoms with Crippen molar-refractivity contribution in [2.75, 3.05) is 13.1 Å². The first-order chi connectivity index (χ1) is 11.8. The summed E-state index contributed by atoms with van der Waals surface area (Å²) in [6, 6.07) is 3.80. The smallest absolute Gasteiger partial charge is 0.250 e. The molecule has 2 rings (SSSR count). The van der Waals surface area contributed by atoms with Crippen molar-refractivity contribution in [2.45, 2.75) is 62.7 Å². The number of halogens is 1. The lowest BCUT2D eigenvalue weighted by molar-refractivity contribution is -0.121. The Morgan fingerprint density at radius 2 is 2.12 bits per heavy atom. The van der Waals surface area contributed by atoms with Crippen LogP contribution in [-0.2, 0) is 21.2 Å². The van der Waals surface area contributed by atoms with E-state index >= 15 is 0 Å². The van der Waals surface area contributed by atoms with Crippen molar-refractivity contribution in [3.05, 3.63) is 17.0 Å². The van der Waals surface area contributed by atoms with Crippen molar-refractivity contribution in [3.8, 4) is 0 Å². The molecule has 0 aliphatic carbocycles. The molecule has 2 atom stereocenters. The Kier molecular flexibility index (Phi) is 9.54. The van der Waals surface area contributed by atoms with Gasteiger partial charge in [-0.2, -0.15) is 0 Å². The predicted molar refractivity (Wildman–Crippen MR) is 109 cm³/mol. The second-order valence-corrected chi connectivity index (χ2v) is 10.2. The Balaban J connectivity index is 0.00000338. The molecule has 26 heavy (non-hydrogen) atoms. The number of amides is 1. The van der Waals surface area contributed by atoms with E-state index in [0.717, 1.165) is 24.3 Å². The molecule has 1 aliphatic rings. The summed E-state index contributed by atoms with van der Waals surface area (Å²) in [5.41, 5.74) is 0. The maximum atomic E-state index is 12.5. The van der Waals surface area contributed by atoms with Crippen molar-refractivity contribution in [1.82, 2.24) is 15.4 Å². The summed E-state index contributed by atoms with van der Waals surface area (Å²) >= 11 is 1.28. The van der Waals surface area contributed by atoms with Crippen LogP contribution in [0.4, 0.5) is 0 Å². The largest absolute Gasteiger partial charge is 0.356 e. The number of piperidine rings is 1. The minimum atomic E-state index is -3.47. The zero-order valence-corrected chi connectivity index (χ0v) is 18.0. The van der Waals surface area contributed by atoms with Crippen LogP contribution in [-0.4, -0.2) is 39.5 Å². The third-order valence-corrected chi connectivity index (χ3v) is 7.29. The summed E-state index contributed by atoms with van der Waals surface area (Å²) in [6.07, 6.45) is 2.78. The predicted octanol–water partition coefficient (Wildman–Crippen LogP) is 2.29. The Morgan fingerprint density at radius 1 is 1.38 bits per heavy atom. The highest BCUT2D eigenvalue weighted by Gasteiger charge is 2.25. The minimum absolute atomic E-state index is 0. The van der Waals surface area contributed by atoms with Crippen LogP contribution in [0.25, 0.3) is 0 Å². The summed E-state index contributed by atoms with van der Waals surface area (Å²) in [5, 5.41) is 6.20. The van der Waals surface area contributed by atoms with E-state index in [1.807, 2.05) is 19.9 Å². The van der Waals surface area contributed by atoms with Gasteiger partial charge in [0.25, 0.3) is 0 Å². The van der Waals surface area contributed by atoms with Crippen molar-refractivity contribution < 1.29 is 13.2 Å². The SMILES string of the molecule is CC(C)CC(=O)NCCc1ccc(S(=O)(=O)NC2CCNC(C)C2)s1.Cl. The number of nitrogens with one attached hydrogen (secondary N) is 3. The van der Waals surface area contributed by atoms with Gasteiger partial charge in [-0.15, -0.1) is 23.7 Å². The molecule has 1 aliphatic heterocycles. The van der Waals surface area contributed by atoms with Gasteiger partial charge < -0.3 is 10.6 Å². The standard InChI is InChI=1S/C17H29N3O3S2.ClH/c1-12(2)10-16(21)19-9-7-15-4-5-17(24-15)25(22,23)20-14-6-8-18-13(3)11-14;/h4-5,12-14,18,20H,6-11H2,1-3H3,(H,19,21);1H. The zero-order valence-electron chi connectivity index (χ0n) is 15.6. The molecule has 1 amide bonds. The third kappa shape index (κ3) is 7.52. The summed E-state index contributed by atoms with van der Waals surface area (Å²) in [5.74, 6) is 0.378. The molecule has 0 saturated carbocycles. The normalized spacial score (nSPS) is 20.6. The van der Waals surface area contributed by atoms with Gasteiger partial charge in [0.15, 0.2) is 0 Å². The highest BCUT2D eigenvalue weighted by atomic mass is 35.5. The number of carbonyl (C=O) groups excluding carboxylic acids is 1. The number of carbonyl (C=O) groups is 1. The molecule has 1 fully saturated rings. The Bertz CT molecular complexity index is 677. The van der Waals surface area contributed by atoms with Crippen LogP contribution >= 0.6 is 23.7 Å². The highest BCUT2D eigenvalue weighted by Crippen LogP contribution is 2.23. The molecule has 2 unspecified atom stereocenters. The fourth-order valence-corrected chi connectivity index (χ4v) is 5.58. The summed E-state index contributed by atoms with van der Waals surface area (Å²) in [4.78, 5) is 12.6. The van der Waals surface area contributed by atoms with Crippen LogP contribution in [0, 0.1) is 5.92 Å². The molecule has 2 heterocycles. The molecule has 0 aromatic carbocycles. The summed E-state index contributed by atoms with van der Waals surface area (Å²) < 4.78 is 28.2. The van der Waals surface area contributed by atoms with Crippen LogP contribution < -0.4 is 15.4 Å². The monoisotopic (exact) mass is 423 g/mol. The molecule has 3 N–H and O–H groups in total. The zero-order chi connectivity index (χ0) is 18.4. The van der Waals surface area contributed by atoms with E-state index in [-0.39, 0.29) is 24.4 Å². The van der Waals surface area contributed by atoms with Crippen LogP contribution in [0.5, 0.6) is 0 Å². The molecular formula is C17H30ClN3O3S2. The lowest BCUT2D eigenvalue weighted by Crippen LogP contribution is -2.46. The molecule has 0 bridgehead atoms. The molecule has 1 aromatic rings. The van der Waals surface area contributed by atoms with Crippen LogP contribution in [0.1, 0.15) is 44.9 Å². The van der Waals surface area contributed by atoms with Gasteiger partial charge in [0, 0.05) is 29.9 Å². The van der Waals surface area contributed by atoms with Crippen molar-refractivity contribution >= 4 is 39.7 Å². The van der Waals surface area contributed by atoms with Crippen molar-refractivity contribution in [3.63, 3.8) is 0 Å². The Morgan fingerprint density at radius 3 is 2.77 bits per heavy atom. The van der Waals surface area contributed by atoms with Gasteiger partial charge in [-0.05, 0) is 50.8 Å². The molecule has 1 saturated heterocycles. The van der Waals surface area contributed by atoms with E-state index in [1.54, 1.807) is 6.07 Å². The van der Waals surface area contributed by atoms with E-state index < -0.39 is 10.0 Å². The fourth-order valence-electron chi connectivity index (χ4n) is 2.92. The first kappa shape index (κ1) is 23.4. The van der Waals surface area contributed by atoms with Crippen LogP contribution in [0.15, 0.2) is 16.3 Å². The first-order valence-electron chi connectivity index (χ1n) is 8.87. The molecule has 6 nitrogen and oxygen atoms in total. The van der Waals surface area contributed by atoms with Gasteiger partial charge >= 0.3 is 0 Å². The molecular weight excluding hydrogens is 394 g/mol. The summed E-state index contributed by atoms with van der Waals surface area (Å²) in [7, 11) is -3.47. The maximum Gasteiger partial charge on any atom is 0.250 e. The Labute approximate surface area is 167 Å². The number of hydrogen-bond donors (Lipinski definition) is 3. The maximum absolute atomic E-state index is 12.5. The fraction of sp³-hybridized carbons (Fsp3) is 0.706. The van der Waals surface area contributed by atoms with Crippen LogP contribution in [0.2, 0.25) is 0 Å².